The van der Waals surface area contributed by atoms with Crippen LogP contribution in [0.15, 0.2) is 121 Å². The third-order valence-corrected chi connectivity index (χ3v) is 16.3. The van der Waals surface area contributed by atoms with E-state index in [2.05, 4.69) is 127 Å². The predicted octanol–water partition coefficient (Wildman–Crippen LogP) is 16.0. The molecule has 1 N–H and O–H groups in total. The molecule has 3 aliphatic rings. The van der Waals surface area contributed by atoms with Crippen LogP contribution in [-0.2, 0) is 67.2 Å². The Bertz CT molecular complexity index is 3050. The quantitative estimate of drug-likeness (QED) is 0.0509. The number of nitrogens with one attached hydrogen (secondary N) is 1. The van der Waals surface area contributed by atoms with Crippen LogP contribution in [0.5, 0.6) is 0 Å². The van der Waals surface area contributed by atoms with E-state index in [-0.39, 0.29) is 66.2 Å². The number of hydrogen-bond donors (Lipinski definition) is 1. The van der Waals surface area contributed by atoms with Crippen molar-refractivity contribution < 1.29 is 62.0 Å². The summed E-state index contributed by atoms with van der Waals surface area (Å²) < 4.78 is 32.7. The van der Waals surface area contributed by atoms with Crippen molar-refractivity contribution in [3.05, 3.63) is 144 Å². The Kier molecular flexibility index (Phi) is 37.8. The summed E-state index contributed by atoms with van der Waals surface area (Å²) >= 11 is 6.51. The number of hydrogen-bond acceptors (Lipinski definition) is 16. The van der Waals surface area contributed by atoms with Crippen LogP contribution in [-0.4, -0.2) is 181 Å². The highest BCUT2D eigenvalue weighted by molar-refractivity contribution is 9.10. The maximum atomic E-state index is 13.1. The fourth-order valence-corrected chi connectivity index (χ4v) is 11.9. The number of likely N-dealkylation sites (tertiary alicyclic amines) is 1. The van der Waals surface area contributed by atoms with Gasteiger partial charge in [-0.15, -0.1) is 0 Å². The summed E-state index contributed by atoms with van der Waals surface area (Å²) in [4.78, 5) is 96.1. The molecule has 19 nitrogen and oxygen atoms in total. The van der Waals surface area contributed by atoms with Gasteiger partial charge in [-0.05, 0) is 205 Å². The molecule has 0 bridgehead atoms. The molecule has 7 rings (SSSR count). The Morgan fingerprint density at radius 1 is 0.455 bits per heavy atom. The van der Waals surface area contributed by atoms with Gasteiger partial charge in [-0.2, -0.15) is 0 Å². The summed E-state index contributed by atoms with van der Waals surface area (Å²) in [6.45, 7) is 44.0. The minimum Gasteiger partial charge on any atom is -0.460 e. The van der Waals surface area contributed by atoms with E-state index in [1.165, 1.54) is 28.0 Å². The van der Waals surface area contributed by atoms with Gasteiger partial charge in [-0.1, -0.05) is 148 Å². The van der Waals surface area contributed by atoms with Crippen molar-refractivity contribution in [2.75, 3.05) is 64.2 Å². The first-order chi connectivity index (χ1) is 47.1. The number of alkyl halides is 2. The molecular formula is C80H122Br2N6O13. The molecule has 3 fully saturated rings. The number of amides is 3. The number of carbonyl (C=O) groups is 7. The molecule has 4 aromatic carbocycles. The predicted molar refractivity (Wildman–Crippen MR) is 409 cm³/mol. The Morgan fingerprint density at radius 2 is 0.881 bits per heavy atom. The van der Waals surface area contributed by atoms with E-state index in [1.807, 2.05) is 107 Å². The largest absolute Gasteiger partial charge is 0.460 e. The molecular weight excluding hydrogens is 1410 g/mol. The molecule has 0 radical (unpaired) electrons. The second-order valence-corrected chi connectivity index (χ2v) is 33.4. The van der Waals surface area contributed by atoms with E-state index in [0.29, 0.717) is 31.6 Å². The minimum absolute atomic E-state index is 0.106. The Morgan fingerprint density at radius 3 is 1.36 bits per heavy atom. The van der Waals surface area contributed by atoms with E-state index in [9.17, 15) is 33.6 Å². The molecule has 3 saturated heterocycles. The number of nitrogens with zero attached hydrogens (tertiary/aromatic N) is 5. The van der Waals surface area contributed by atoms with Crippen molar-refractivity contribution >= 4 is 73.8 Å². The summed E-state index contributed by atoms with van der Waals surface area (Å²) in [6, 6.07) is 39.2. The lowest BCUT2D eigenvalue weighted by Crippen LogP contribution is -2.48. The topological polar surface area (TPSA) is 203 Å². The van der Waals surface area contributed by atoms with Gasteiger partial charge in [-0.25, -0.2) is 14.4 Å². The van der Waals surface area contributed by atoms with E-state index in [4.69, 9.17) is 28.4 Å². The van der Waals surface area contributed by atoms with Crippen LogP contribution < -0.4 is 5.32 Å². The lowest BCUT2D eigenvalue weighted by molar-refractivity contribution is -0.162. The van der Waals surface area contributed by atoms with Crippen LogP contribution in [0, 0.1) is 5.92 Å². The summed E-state index contributed by atoms with van der Waals surface area (Å²) in [7, 11) is 0. The standard InChI is InChI=1S/C24H32N2O2.C22H32N2O5.C16H29NO4.C10H15N.C8H14Br2O2/c1-24(2,3)28-23(27)22-14-15-25(18-20-10-6-4-7-11-20)16-17-26(22)19-21-12-8-5-9-13-21;1-21(2,3)28-19(26)17-12-13-23(20(27)29-22(4,5)6)14-15-24(17)18(25)16-10-8-7-9-11-16;1-15(2,3)20-13(18)12-8-7-10-17(11-9-12)14(19)21-16(4,5)6;1-2-8-11-9-10-6-4-3-5-7-10;1-8(2,3)12-7(11)6(10)4-5-9/h4-13,22H,14-19H2,1-3H3;7-11,17H,12-15H2,1-6H3;12H,7-11H2,1-6H3;3-7,11H,2,8-9H2,1H3;6H,4-5H2,1-3H3. The first-order valence-electron chi connectivity index (χ1n) is 35.8. The van der Waals surface area contributed by atoms with Crippen molar-refractivity contribution in [2.45, 2.75) is 247 Å². The van der Waals surface area contributed by atoms with Gasteiger partial charge in [0.15, 0.2) is 0 Å². The first kappa shape index (κ1) is 88.8. The summed E-state index contributed by atoms with van der Waals surface area (Å²) in [5.41, 5.74) is 1.29. The van der Waals surface area contributed by atoms with Crippen LogP contribution in [0.4, 0.5) is 9.59 Å². The molecule has 0 spiro atoms. The molecule has 101 heavy (non-hydrogen) atoms. The Labute approximate surface area is 622 Å². The second-order valence-electron chi connectivity index (χ2n) is 31.5. The average molecular weight is 1540 g/mol. The number of rotatable bonds is 15. The van der Waals surface area contributed by atoms with Gasteiger partial charge in [0.1, 0.15) is 50.5 Å². The van der Waals surface area contributed by atoms with Crippen molar-refractivity contribution in [1.82, 2.24) is 29.8 Å². The lowest BCUT2D eigenvalue weighted by Gasteiger charge is -2.30. The zero-order valence-corrected chi connectivity index (χ0v) is 67.5. The van der Waals surface area contributed by atoms with E-state index in [0.717, 1.165) is 76.8 Å². The second kappa shape index (κ2) is 43.0. The van der Waals surface area contributed by atoms with Crippen molar-refractivity contribution in [1.29, 1.82) is 0 Å². The summed E-state index contributed by atoms with van der Waals surface area (Å²) in [5, 5.41) is 4.15. The van der Waals surface area contributed by atoms with Gasteiger partial charge in [0, 0.05) is 82.9 Å². The number of ether oxygens (including phenoxy) is 6. The molecule has 4 atom stereocenters. The van der Waals surface area contributed by atoms with Gasteiger partial charge >= 0.3 is 36.1 Å². The fraction of sp³-hybridized carbons (Fsp3) is 0.613. The minimum atomic E-state index is -0.769. The maximum absolute atomic E-state index is 13.1. The average Bonchev–Trinajstić information content (AvgIpc) is 1.78. The van der Waals surface area contributed by atoms with Crippen molar-refractivity contribution in [3.63, 3.8) is 0 Å². The number of esters is 4. The van der Waals surface area contributed by atoms with E-state index < -0.39 is 51.7 Å². The molecule has 0 aromatic heterocycles. The SMILES string of the molecule is CC(C)(C)OC(=O)C(Br)CCBr.CC(C)(C)OC(=O)C1CCCN(C(=O)OC(C)(C)C)CC1.CC(C)(C)OC(=O)C1CCN(C(=O)OC(C)(C)C)CCN1C(=O)c1ccccc1.CC(C)(C)OC(=O)C1CCN(Cc2ccccc2)CCN1Cc1ccccc1.CCCNCc1ccccc1. The third kappa shape index (κ3) is 38.6. The molecule has 4 unspecified atom stereocenters. The zero-order valence-electron chi connectivity index (χ0n) is 64.3. The monoisotopic (exact) mass is 1530 g/mol. The van der Waals surface area contributed by atoms with Crippen LogP contribution >= 0.6 is 31.9 Å². The number of carbonyl (C=O) groups excluding carboxylic acids is 7. The maximum Gasteiger partial charge on any atom is 0.410 e. The van der Waals surface area contributed by atoms with Crippen LogP contribution in [0.3, 0.4) is 0 Å². The van der Waals surface area contributed by atoms with Crippen LogP contribution in [0.25, 0.3) is 0 Å². The molecule has 3 amide bonds. The lowest BCUT2D eigenvalue weighted by atomic mass is 10.0. The summed E-state index contributed by atoms with van der Waals surface area (Å²) in [5.74, 6) is -1.31. The van der Waals surface area contributed by atoms with Gasteiger partial charge in [0.2, 0.25) is 0 Å². The van der Waals surface area contributed by atoms with Gasteiger partial charge in [0.05, 0.1) is 5.92 Å². The molecule has 21 heteroatoms. The number of benzene rings is 4. The van der Waals surface area contributed by atoms with Crippen LogP contribution in [0.2, 0.25) is 0 Å². The zero-order chi connectivity index (χ0) is 75.8. The first-order valence-corrected chi connectivity index (χ1v) is 37.8. The molecule has 3 heterocycles. The number of halogens is 2. The highest BCUT2D eigenvalue weighted by atomic mass is 79.9. The van der Waals surface area contributed by atoms with Crippen molar-refractivity contribution in [3.8, 4) is 0 Å². The summed E-state index contributed by atoms with van der Waals surface area (Å²) in [6.07, 6.45) is 4.45. The van der Waals surface area contributed by atoms with Crippen LogP contribution in [0.1, 0.15) is 204 Å². The molecule has 3 aliphatic heterocycles. The normalized spacial score (nSPS) is 17.6. The van der Waals surface area contributed by atoms with Gasteiger partial charge in [-0.3, -0.25) is 29.0 Å². The Balaban J connectivity index is 0.000000344. The molecule has 4 aromatic rings. The molecule has 0 aliphatic carbocycles. The third-order valence-electron chi connectivity index (χ3n) is 15.0. The van der Waals surface area contributed by atoms with Gasteiger partial charge in [0.25, 0.3) is 5.91 Å². The van der Waals surface area contributed by atoms with Crippen molar-refractivity contribution in [2.24, 2.45) is 5.92 Å². The highest BCUT2D eigenvalue weighted by Crippen LogP contribution is 2.26. The van der Waals surface area contributed by atoms with Gasteiger partial charge < -0.3 is 48.4 Å². The molecule has 564 valence electrons. The Hall–Kier alpha value is -6.39. The van der Waals surface area contributed by atoms with E-state index in [1.54, 1.807) is 75.6 Å². The fourth-order valence-electron chi connectivity index (χ4n) is 10.5. The highest BCUT2D eigenvalue weighted by Gasteiger charge is 2.39. The molecule has 0 saturated carbocycles. The smallest absolute Gasteiger partial charge is 0.410 e. The van der Waals surface area contributed by atoms with E-state index >= 15 is 0 Å².